The highest BCUT2D eigenvalue weighted by molar-refractivity contribution is 5.78. The van der Waals surface area contributed by atoms with Crippen molar-refractivity contribution in [3.05, 3.63) is 0 Å². The predicted octanol–water partition coefficient (Wildman–Crippen LogP) is 2.17. The summed E-state index contributed by atoms with van der Waals surface area (Å²) in [6.07, 6.45) is 5.14. The van der Waals surface area contributed by atoms with Crippen LogP contribution in [-0.4, -0.2) is 36.0 Å². The lowest BCUT2D eigenvalue weighted by Crippen LogP contribution is -2.39. The SMILES string of the molecule is CCC(C)NCCC(CC)N1CCCC1=O. The Balaban J connectivity index is 2.28. The summed E-state index contributed by atoms with van der Waals surface area (Å²) in [5.74, 6) is 0.357. The first-order valence-electron chi connectivity index (χ1n) is 6.71. The molecule has 1 heterocycles. The fraction of sp³-hybridized carbons (Fsp3) is 0.923. The molecular weight excluding hydrogens is 200 g/mol. The van der Waals surface area contributed by atoms with Gasteiger partial charge in [-0.15, -0.1) is 0 Å². The minimum atomic E-state index is 0.357. The summed E-state index contributed by atoms with van der Waals surface area (Å²) < 4.78 is 0. The number of carbonyl (C=O) groups is 1. The number of hydrogen-bond donors (Lipinski definition) is 1. The third-order valence-corrected chi connectivity index (χ3v) is 3.60. The molecule has 0 aliphatic carbocycles. The molecule has 1 amide bonds. The summed E-state index contributed by atoms with van der Waals surface area (Å²) in [5.41, 5.74) is 0. The van der Waals surface area contributed by atoms with Crippen molar-refractivity contribution in [3.63, 3.8) is 0 Å². The van der Waals surface area contributed by atoms with Crippen LogP contribution < -0.4 is 5.32 Å². The van der Waals surface area contributed by atoms with E-state index in [1.165, 1.54) is 6.42 Å². The molecule has 3 nitrogen and oxygen atoms in total. The quantitative estimate of drug-likeness (QED) is 0.721. The van der Waals surface area contributed by atoms with Crippen LogP contribution in [0.4, 0.5) is 0 Å². The van der Waals surface area contributed by atoms with E-state index >= 15 is 0 Å². The van der Waals surface area contributed by atoms with Crippen molar-refractivity contribution < 1.29 is 4.79 Å². The highest BCUT2D eigenvalue weighted by Gasteiger charge is 2.26. The van der Waals surface area contributed by atoms with E-state index in [2.05, 4.69) is 31.0 Å². The lowest BCUT2D eigenvalue weighted by atomic mass is 10.1. The monoisotopic (exact) mass is 226 g/mol. The van der Waals surface area contributed by atoms with Gasteiger partial charge in [-0.05, 0) is 39.2 Å². The molecule has 2 atom stereocenters. The van der Waals surface area contributed by atoms with Crippen LogP contribution in [0.5, 0.6) is 0 Å². The van der Waals surface area contributed by atoms with E-state index in [1.54, 1.807) is 0 Å². The predicted molar refractivity (Wildman–Crippen MR) is 67.4 cm³/mol. The first-order chi connectivity index (χ1) is 7.69. The molecule has 0 aromatic heterocycles. The topological polar surface area (TPSA) is 32.3 Å². The molecular formula is C13H26N2O. The van der Waals surface area contributed by atoms with E-state index < -0.39 is 0 Å². The molecule has 1 rings (SSSR count). The summed E-state index contributed by atoms with van der Waals surface area (Å²) in [4.78, 5) is 13.7. The van der Waals surface area contributed by atoms with Crippen LogP contribution in [-0.2, 0) is 4.79 Å². The smallest absolute Gasteiger partial charge is 0.222 e. The Labute approximate surface area is 99.6 Å². The summed E-state index contributed by atoms with van der Waals surface area (Å²) in [6, 6.07) is 1.04. The molecule has 0 radical (unpaired) electrons. The van der Waals surface area contributed by atoms with E-state index in [-0.39, 0.29) is 0 Å². The van der Waals surface area contributed by atoms with Gasteiger partial charge in [0, 0.05) is 25.0 Å². The Morgan fingerprint density at radius 2 is 2.12 bits per heavy atom. The molecule has 0 spiro atoms. The van der Waals surface area contributed by atoms with Gasteiger partial charge >= 0.3 is 0 Å². The fourth-order valence-electron chi connectivity index (χ4n) is 2.28. The normalized spacial score (nSPS) is 20.2. The Hall–Kier alpha value is -0.570. The average Bonchev–Trinajstić information content (AvgIpc) is 2.70. The maximum absolute atomic E-state index is 11.6. The number of hydrogen-bond acceptors (Lipinski definition) is 2. The molecule has 1 aliphatic heterocycles. The number of rotatable bonds is 7. The van der Waals surface area contributed by atoms with E-state index in [4.69, 9.17) is 0 Å². The average molecular weight is 226 g/mol. The van der Waals surface area contributed by atoms with Crippen molar-refractivity contribution in [1.29, 1.82) is 0 Å². The summed E-state index contributed by atoms with van der Waals surface area (Å²) in [7, 11) is 0. The van der Waals surface area contributed by atoms with Crippen LogP contribution in [0.2, 0.25) is 0 Å². The van der Waals surface area contributed by atoms with Crippen molar-refractivity contribution in [3.8, 4) is 0 Å². The second-order valence-electron chi connectivity index (χ2n) is 4.80. The van der Waals surface area contributed by atoms with Crippen molar-refractivity contribution in [2.45, 2.75) is 65.0 Å². The molecule has 94 valence electrons. The van der Waals surface area contributed by atoms with Gasteiger partial charge in [0.2, 0.25) is 5.91 Å². The van der Waals surface area contributed by atoms with Crippen molar-refractivity contribution >= 4 is 5.91 Å². The van der Waals surface area contributed by atoms with Gasteiger partial charge in [-0.1, -0.05) is 13.8 Å². The van der Waals surface area contributed by atoms with E-state index in [1.807, 2.05) is 0 Å². The van der Waals surface area contributed by atoms with Crippen LogP contribution in [0.1, 0.15) is 52.9 Å². The molecule has 1 N–H and O–H groups in total. The van der Waals surface area contributed by atoms with E-state index in [0.29, 0.717) is 18.0 Å². The van der Waals surface area contributed by atoms with Crippen LogP contribution in [0.25, 0.3) is 0 Å². The number of nitrogens with zero attached hydrogens (tertiary/aromatic N) is 1. The highest BCUT2D eigenvalue weighted by atomic mass is 16.2. The van der Waals surface area contributed by atoms with Crippen molar-refractivity contribution in [1.82, 2.24) is 10.2 Å². The molecule has 1 fully saturated rings. The molecule has 3 heteroatoms. The van der Waals surface area contributed by atoms with Gasteiger partial charge in [0.05, 0.1) is 0 Å². The third-order valence-electron chi connectivity index (χ3n) is 3.60. The largest absolute Gasteiger partial charge is 0.340 e. The van der Waals surface area contributed by atoms with Gasteiger partial charge in [-0.25, -0.2) is 0 Å². The molecule has 0 aromatic rings. The first kappa shape index (κ1) is 13.5. The number of likely N-dealkylation sites (tertiary alicyclic amines) is 1. The molecule has 16 heavy (non-hydrogen) atoms. The van der Waals surface area contributed by atoms with Gasteiger partial charge < -0.3 is 10.2 Å². The Morgan fingerprint density at radius 3 is 2.62 bits per heavy atom. The fourth-order valence-corrected chi connectivity index (χ4v) is 2.28. The number of nitrogens with one attached hydrogen (secondary N) is 1. The molecule has 1 saturated heterocycles. The lowest BCUT2D eigenvalue weighted by Gasteiger charge is -2.27. The van der Waals surface area contributed by atoms with E-state index in [9.17, 15) is 4.79 Å². The van der Waals surface area contributed by atoms with Gasteiger partial charge in [0.1, 0.15) is 0 Å². The summed E-state index contributed by atoms with van der Waals surface area (Å²) in [6.45, 7) is 8.58. The second kappa shape index (κ2) is 6.89. The maximum Gasteiger partial charge on any atom is 0.222 e. The Morgan fingerprint density at radius 1 is 1.38 bits per heavy atom. The Kier molecular flexibility index (Phi) is 5.81. The molecule has 2 unspecified atom stereocenters. The molecule has 0 bridgehead atoms. The molecule has 0 saturated carbocycles. The van der Waals surface area contributed by atoms with Gasteiger partial charge in [-0.2, -0.15) is 0 Å². The number of carbonyl (C=O) groups excluding carboxylic acids is 1. The van der Waals surface area contributed by atoms with Crippen LogP contribution in [0.3, 0.4) is 0 Å². The van der Waals surface area contributed by atoms with Crippen molar-refractivity contribution in [2.75, 3.05) is 13.1 Å². The number of amides is 1. The highest BCUT2D eigenvalue weighted by Crippen LogP contribution is 2.17. The van der Waals surface area contributed by atoms with Crippen LogP contribution in [0.15, 0.2) is 0 Å². The minimum Gasteiger partial charge on any atom is -0.340 e. The third kappa shape index (κ3) is 3.78. The summed E-state index contributed by atoms with van der Waals surface area (Å²) >= 11 is 0. The van der Waals surface area contributed by atoms with Crippen molar-refractivity contribution in [2.24, 2.45) is 0 Å². The van der Waals surface area contributed by atoms with Gasteiger partial charge in [0.25, 0.3) is 0 Å². The van der Waals surface area contributed by atoms with Gasteiger partial charge in [-0.3, -0.25) is 4.79 Å². The Bertz CT molecular complexity index is 218. The van der Waals surface area contributed by atoms with E-state index in [0.717, 1.165) is 38.8 Å². The zero-order valence-corrected chi connectivity index (χ0v) is 11.0. The second-order valence-corrected chi connectivity index (χ2v) is 4.80. The molecule has 0 aromatic carbocycles. The summed E-state index contributed by atoms with van der Waals surface area (Å²) in [5, 5.41) is 3.50. The molecule has 1 aliphatic rings. The maximum atomic E-state index is 11.6. The zero-order valence-electron chi connectivity index (χ0n) is 11.0. The zero-order chi connectivity index (χ0) is 12.0. The van der Waals surface area contributed by atoms with Crippen LogP contribution in [0, 0.1) is 0 Å². The lowest BCUT2D eigenvalue weighted by molar-refractivity contribution is -0.129. The first-order valence-corrected chi connectivity index (χ1v) is 6.71. The minimum absolute atomic E-state index is 0.357. The van der Waals surface area contributed by atoms with Gasteiger partial charge in [0.15, 0.2) is 0 Å². The standard InChI is InChI=1S/C13H26N2O/c1-4-11(3)14-9-8-12(5-2)15-10-6-7-13(15)16/h11-12,14H,4-10H2,1-3H3. The van der Waals surface area contributed by atoms with Crippen LogP contribution >= 0.6 is 0 Å².